The van der Waals surface area contributed by atoms with Crippen LogP contribution in [0.25, 0.3) is 0 Å². The first-order valence-corrected chi connectivity index (χ1v) is 9.78. The molecule has 4 rings (SSSR count). The predicted octanol–water partition coefficient (Wildman–Crippen LogP) is 4.88. The van der Waals surface area contributed by atoms with Crippen LogP contribution in [0.15, 0.2) is 54.6 Å². The van der Waals surface area contributed by atoms with Gasteiger partial charge in [-0.3, -0.25) is 0 Å². The molecule has 0 atom stereocenters. The third-order valence-corrected chi connectivity index (χ3v) is 4.79. The van der Waals surface area contributed by atoms with Crippen molar-refractivity contribution in [3.8, 4) is 5.75 Å². The molecule has 0 saturated heterocycles. The zero-order valence-corrected chi connectivity index (χ0v) is 16.6. The third kappa shape index (κ3) is 4.09. The molecule has 0 fully saturated rings. The molecule has 1 aromatic heterocycles. The van der Waals surface area contributed by atoms with Gasteiger partial charge in [0.05, 0.1) is 11.8 Å². The number of rotatable bonds is 5. The number of nitrogens with one attached hydrogen (secondary N) is 1. The number of fused-ring (bicyclic) bond motifs is 1. The summed E-state index contributed by atoms with van der Waals surface area (Å²) < 4.78 is 5.90. The molecule has 0 bridgehead atoms. The zero-order chi connectivity index (χ0) is 19.5. The number of para-hydroxylation sites is 2. The standard InChI is InChI=1S/C23H26N4O/c1-16(2)28-21-11-7-6-10-20(21)25-23-24-17(3)14-22(26-23)27-13-12-18-8-4-5-9-19(18)15-27/h4-11,14,16H,12-13,15H2,1-3H3,(H,24,25,26). The Hall–Kier alpha value is -3.08. The molecule has 2 aromatic carbocycles. The van der Waals surface area contributed by atoms with Gasteiger partial charge < -0.3 is 15.0 Å². The van der Waals surface area contributed by atoms with Gasteiger partial charge in [-0.2, -0.15) is 4.98 Å². The molecule has 1 N–H and O–H groups in total. The molecule has 0 amide bonds. The van der Waals surface area contributed by atoms with Crippen LogP contribution in [-0.2, 0) is 13.0 Å². The van der Waals surface area contributed by atoms with Gasteiger partial charge in [-0.1, -0.05) is 36.4 Å². The summed E-state index contributed by atoms with van der Waals surface area (Å²) in [6.07, 6.45) is 1.14. The molecular formula is C23H26N4O. The minimum atomic E-state index is 0.102. The summed E-state index contributed by atoms with van der Waals surface area (Å²) in [7, 11) is 0. The molecule has 0 spiro atoms. The van der Waals surface area contributed by atoms with Gasteiger partial charge >= 0.3 is 0 Å². The van der Waals surface area contributed by atoms with E-state index in [1.807, 2.05) is 45.0 Å². The van der Waals surface area contributed by atoms with Crippen molar-refractivity contribution in [3.05, 3.63) is 71.4 Å². The highest BCUT2D eigenvalue weighted by molar-refractivity contribution is 5.63. The van der Waals surface area contributed by atoms with Crippen LogP contribution in [0, 0.1) is 6.92 Å². The van der Waals surface area contributed by atoms with Gasteiger partial charge in [0, 0.05) is 24.8 Å². The van der Waals surface area contributed by atoms with E-state index in [0.717, 1.165) is 42.5 Å². The quantitative estimate of drug-likeness (QED) is 0.690. The van der Waals surface area contributed by atoms with E-state index in [4.69, 9.17) is 9.72 Å². The Balaban J connectivity index is 1.59. The largest absolute Gasteiger partial charge is 0.489 e. The molecule has 0 aliphatic carbocycles. The van der Waals surface area contributed by atoms with Gasteiger partial charge in [-0.15, -0.1) is 0 Å². The molecule has 2 heterocycles. The van der Waals surface area contributed by atoms with Gasteiger partial charge in [0.1, 0.15) is 11.6 Å². The Kier molecular flexibility index (Phi) is 5.15. The van der Waals surface area contributed by atoms with Crippen LogP contribution in [-0.4, -0.2) is 22.6 Å². The van der Waals surface area contributed by atoms with Crippen LogP contribution in [0.5, 0.6) is 5.75 Å². The summed E-state index contributed by atoms with van der Waals surface area (Å²) in [5.74, 6) is 2.34. The molecule has 1 aliphatic rings. The van der Waals surface area contributed by atoms with E-state index in [2.05, 4.69) is 45.5 Å². The van der Waals surface area contributed by atoms with E-state index in [-0.39, 0.29) is 6.10 Å². The fourth-order valence-corrected chi connectivity index (χ4v) is 3.51. The Bertz CT molecular complexity index is 970. The second-order valence-electron chi connectivity index (χ2n) is 7.42. The Morgan fingerprint density at radius 3 is 2.57 bits per heavy atom. The van der Waals surface area contributed by atoms with Crippen LogP contribution in [0.3, 0.4) is 0 Å². The number of hydrogen-bond donors (Lipinski definition) is 1. The number of anilines is 3. The summed E-state index contributed by atoms with van der Waals surface area (Å²) in [5, 5.41) is 3.34. The molecule has 0 unspecified atom stereocenters. The van der Waals surface area contributed by atoms with Crippen molar-refractivity contribution in [2.45, 2.75) is 39.8 Å². The van der Waals surface area contributed by atoms with E-state index >= 15 is 0 Å². The summed E-state index contributed by atoms with van der Waals surface area (Å²) in [4.78, 5) is 11.7. The molecule has 0 saturated carbocycles. The highest BCUT2D eigenvalue weighted by Gasteiger charge is 2.18. The molecular weight excluding hydrogens is 348 g/mol. The lowest BCUT2D eigenvalue weighted by atomic mass is 10.00. The summed E-state index contributed by atoms with van der Waals surface area (Å²) in [6, 6.07) is 18.6. The zero-order valence-electron chi connectivity index (χ0n) is 16.6. The van der Waals surface area contributed by atoms with Crippen LogP contribution < -0.4 is 15.0 Å². The van der Waals surface area contributed by atoms with Crippen LogP contribution in [0.4, 0.5) is 17.5 Å². The van der Waals surface area contributed by atoms with E-state index in [1.54, 1.807) is 0 Å². The van der Waals surface area contributed by atoms with Crippen LogP contribution >= 0.6 is 0 Å². The third-order valence-electron chi connectivity index (χ3n) is 4.79. The maximum atomic E-state index is 5.90. The minimum Gasteiger partial charge on any atom is -0.489 e. The van der Waals surface area contributed by atoms with Crippen molar-refractivity contribution in [1.29, 1.82) is 0 Å². The fourth-order valence-electron chi connectivity index (χ4n) is 3.51. The Morgan fingerprint density at radius 1 is 1.00 bits per heavy atom. The van der Waals surface area contributed by atoms with Gasteiger partial charge in [-0.05, 0) is 50.5 Å². The first kappa shape index (κ1) is 18.3. The normalized spacial score (nSPS) is 13.4. The van der Waals surface area contributed by atoms with E-state index in [0.29, 0.717) is 5.95 Å². The molecule has 3 aromatic rings. The SMILES string of the molecule is Cc1cc(N2CCc3ccccc3C2)nc(Nc2ccccc2OC(C)C)n1. The van der Waals surface area contributed by atoms with Crippen molar-refractivity contribution in [2.24, 2.45) is 0 Å². The van der Waals surface area contributed by atoms with E-state index in [9.17, 15) is 0 Å². The Morgan fingerprint density at radius 2 is 1.75 bits per heavy atom. The highest BCUT2D eigenvalue weighted by atomic mass is 16.5. The van der Waals surface area contributed by atoms with Crippen molar-refractivity contribution in [1.82, 2.24) is 9.97 Å². The van der Waals surface area contributed by atoms with Gasteiger partial charge in [-0.25, -0.2) is 4.98 Å². The monoisotopic (exact) mass is 374 g/mol. The first-order valence-electron chi connectivity index (χ1n) is 9.78. The molecule has 5 heteroatoms. The van der Waals surface area contributed by atoms with Crippen LogP contribution in [0.2, 0.25) is 0 Å². The average Bonchev–Trinajstić information content (AvgIpc) is 2.68. The van der Waals surface area contributed by atoms with Gasteiger partial charge in [0.15, 0.2) is 0 Å². The molecule has 5 nitrogen and oxygen atoms in total. The maximum absolute atomic E-state index is 5.90. The minimum absolute atomic E-state index is 0.102. The van der Waals surface area contributed by atoms with Crippen molar-refractivity contribution >= 4 is 17.5 Å². The summed E-state index contributed by atoms with van der Waals surface area (Å²) >= 11 is 0. The van der Waals surface area contributed by atoms with Gasteiger partial charge in [0.25, 0.3) is 0 Å². The lowest BCUT2D eigenvalue weighted by Crippen LogP contribution is -2.31. The highest BCUT2D eigenvalue weighted by Crippen LogP contribution is 2.29. The van der Waals surface area contributed by atoms with E-state index < -0.39 is 0 Å². The van der Waals surface area contributed by atoms with Crippen LogP contribution in [0.1, 0.15) is 30.7 Å². The van der Waals surface area contributed by atoms with E-state index in [1.165, 1.54) is 11.1 Å². The maximum Gasteiger partial charge on any atom is 0.229 e. The van der Waals surface area contributed by atoms with Crippen molar-refractivity contribution < 1.29 is 4.74 Å². The second-order valence-corrected chi connectivity index (χ2v) is 7.42. The number of hydrogen-bond acceptors (Lipinski definition) is 5. The topological polar surface area (TPSA) is 50.3 Å². The molecule has 1 aliphatic heterocycles. The molecule has 144 valence electrons. The van der Waals surface area contributed by atoms with Gasteiger partial charge in [0.2, 0.25) is 5.95 Å². The van der Waals surface area contributed by atoms with Crippen molar-refractivity contribution in [3.63, 3.8) is 0 Å². The number of benzene rings is 2. The van der Waals surface area contributed by atoms with Crippen molar-refractivity contribution in [2.75, 3.05) is 16.8 Å². The summed E-state index contributed by atoms with van der Waals surface area (Å²) in [5.41, 5.74) is 4.61. The molecule has 28 heavy (non-hydrogen) atoms. The number of nitrogens with zero attached hydrogens (tertiary/aromatic N) is 3. The second kappa shape index (κ2) is 7.89. The molecule has 0 radical (unpaired) electrons. The Labute approximate surface area is 166 Å². The average molecular weight is 374 g/mol. The fraction of sp³-hybridized carbons (Fsp3) is 0.304. The summed E-state index contributed by atoms with van der Waals surface area (Å²) in [6.45, 7) is 7.88. The smallest absolute Gasteiger partial charge is 0.229 e. The number of aryl methyl sites for hydroxylation is 1. The lowest BCUT2D eigenvalue weighted by Gasteiger charge is -2.30. The number of aromatic nitrogens is 2. The predicted molar refractivity (Wildman–Crippen MR) is 113 cm³/mol. The lowest BCUT2D eigenvalue weighted by molar-refractivity contribution is 0.244. The number of ether oxygens (including phenoxy) is 1. The first-order chi connectivity index (χ1) is 13.6.